The normalized spacial score (nSPS) is 31.1. The lowest BCUT2D eigenvalue weighted by Crippen LogP contribution is -2.55. The van der Waals surface area contributed by atoms with E-state index in [-0.39, 0.29) is 30.3 Å². The van der Waals surface area contributed by atoms with Crippen molar-refractivity contribution < 1.29 is 9.59 Å². The van der Waals surface area contributed by atoms with Gasteiger partial charge in [0.15, 0.2) is 0 Å². The summed E-state index contributed by atoms with van der Waals surface area (Å²) in [4.78, 5) is 29.2. The first-order valence-electron chi connectivity index (χ1n) is 10.1. The van der Waals surface area contributed by atoms with Crippen LogP contribution in [-0.4, -0.2) is 47.3 Å². The SMILES string of the molecule is NC1C2CCCC1CC(C(=O)N1CCN(Cc3ccc(Cl)cc3)C(=O)C1)C2. The standard InChI is InChI=1S/C21H28ClN3O2/c22-18-6-4-14(5-7-18)12-24-8-9-25(13-19(24)26)21(27)17-10-15-2-1-3-16(11-17)20(15)23/h4-7,15-17,20H,1-3,8-13,23H2. The third-order valence-corrected chi connectivity index (χ3v) is 6.93. The molecule has 4 rings (SSSR count). The topological polar surface area (TPSA) is 66.6 Å². The molecule has 2 N–H and O–H groups in total. The minimum Gasteiger partial charge on any atom is -0.335 e. The predicted molar refractivity (Wildman–Crippen MR) is 105 cm³/mol. The van der Waals surface area contributed by atoms with E-state index in [4.69, 9.17) is 17.3 Å². The van der Waals surface area contributed by atoms with E-state index in [1.165, 1.54) is 6.42 Å². The highest BCUT2D eigenvalue weighted by Crippen LogP contribution is 2.42. The minimum absolute atomic E-state index is 0.0252. The maximum atomic E-state index is 13.0. The third kappa shape index (κ3) is 3.99. The van der Waals surface area contributed by atoms with Gasteiger partial charge in [0.2, 0.25) is 11.8 Å². The van der Waals surface area contributed by atoms with Crippen LogP contribution in [0.25, 0.3) is 0 Å². The van der Waals surface area contributed by atoms with Crippen LogP contribution < -0.4 is 5.73 Å². The van der Waals surface area contributed by atoms with E-state index in [0.717, 1.165) is 31.2 Å². The molecule has 1 aromatic rings. The zero-order valence-corrected chi connectivity index (χ0v) is 16.4. The van der Waals surface area contributed by atoms with Gasteiger partial charge in [0.1, 0.15) is 0 Å². The molecular weight excluding hydrogens is 362 g/mol. The van der Waals surface area contributed by atoms with Crippen LogP contribution in [0, 0.1) is 17.8 Å². The molecule has 3 fully saturated rings. The summed E-state index contributed by atoms with van der Waals surface area (Å²) < 4.78 is 0. The smallest absolute Gasteiger partial charge is 0.242 e. The Morgan fingerprint density at radius 2 is 1.78 bits per heavy atom. The van der Waals surface area contributed by atoms with E-state index in [1.807, 2.05) is 29.2 Å². The number of amides is 2. The van der Waals surface area contributed by atoms with E-state index in [2.05, 4.69) is 0 Å². The number of fused-ring (bicyclic) bond motifs is 2. The largest absolute Gasteiger partial charge is 0.335 e. The number of rotatable bonds is 3. The molecule has 3 aliphatic rings. The van der Waals surface area contributed by atoms with Crippen LogP contribution in [0.4, 0.5) is 0 Å². The minimum atomic E-state index is 0.0252. The molecule has 2 aliphatic carbocycles. The first-order valence-corrected chi connectivity index (χ1v) is 10.5. The Morgan fingerprint density at radius 3 is 2.41 bits per heavy atom. The van der Waals surface area contributed by atoms with Crippen LogP contribution in [0.3, 0.4) is 0 Å². The number of carbonyl (C=O) groups is 2. The quantitative estimate of drug-likeness (QED) is 0.864. The lowest BCUT2D eigenvalue weighted by Gasteiger charge is -2.45. The molecule has 2 saturated carbocycles. The first-order chi connectivity index (χ1) is 13.0. The van der Waals surface area contributed by atoms with Crippen LogP contribution >= 0.6 is 11.6 Å². The lowest BCUT2D eigenvalue weighted by atomic mass is 9.65. The number of hydrogen-bond donors (Lipinski definition) is 1. The van der Waals surface area contributed by atoms with Gasteiger partial charge in [-0.05, 0) is 55.2 Å². The molecule has 0 radical (unpaired) electrons. The van der Waals surface area contributed by atoms with Crippen molar-refractivity contribution in [1.82, 2.24) is 9.80 Å². The number of piperazine rings is 1. The predicted octanol–water partition coefficient (Wildman–Crippen LogP) is 2.66. The fourth-order valence-corrected chi connectivity index (χ4v) is 5.25. The summed E-state index contributed by atoms with van der Waals surface area (Å²) in [5.41, 5.74) is 7.41. The number of hydrogen-bond acceptors (Lipinski definition) is 3. The highest BCUT2D eigenvalue weighted by atomic mass is 35.5. The molecule has 2 bridgehead atoms. The van der Waals surface area contributed by atoms with Crippen molar-refractivity contribution >= 4 is 23.4 Å². The highest BCUT2D eigenvalue weighted by molar-refractivity contribution is 6.30. The Balaban J connectivity index is 1.34. The Bertz CT molecular complexity index is 694. The molecular formula is C21H28ClN3O2. The summed E-state index contributed by atoms with van der Waals surface area (Å²) in [5, 5.41) is 0.692. The van der Waals surface area contributed by atoms with Crippen molar-refractivity contribution in [3.05, 3.63) is 34.9 Å². The number of nitrogens with two attached hydrogens (primary N) is 1. The van der Waals surface area contributed by atoms with Gasteiger partial charge in [0.25, 0.3) is 0 Å². The highest BCUT2D eigenvalue weighted by Gasteiger charge is 2.42. The number of halogens is 1. The first kappa shape index (κ1) is 18.8. The second-order valence-corrected chi connectivity index (χ2v) is 8.83. The second kappa shape index (κ2) is 7.80. The number of benzene rings is 1. The van der Waals surface area contributed by atoms with E-state index in [0.29, 0.717) is 36.5 Å². The van der Waals surface area contributed by atoms with Crippen LogP contribution in [-0.2, 0) is 16.1 Å². The number of nitrogens with zero attached hydrogens (tertiary/aromatic N) is 2. The van der Waals surface area contributed by atoms with E-state index in [9.17, 15) is 9.59 Å². The van der Waals surface area contributed by atoms with Gasteiger partial charge in [0, 0.05) is 36.6 Å². The Kier molecular flexibility index (Phi) is 5.42. The third-order valence-electron chi connectivity index (χ3n) is 6.68. The molecule has 0 aromatic heterocycles. The Morgan fingerprint density at radius 1 is 1.11 bits per heavy atom. The number of carbonyl (C=O) groups excluding carboxylic acids is 2. The molecule has 1 saturated heterocycles. The molecule has 2 unspecified atom stereocenters. The fraction of sp³-hybridized carbons (Fsp3) is 0.619. The maximum absolute atomic E-state index is 13.0. The summed E-state index contributed by atoms with van der Waals surface area (Å²) >= 11 is 5.92. The molecule has 2 atom stereocenters. The molecule has 1 aliphatic heterocycles. The average Bonchev–Trinajstić information content (AvgIpc) is 2.64. The molecule has 1 heterocycles. The van der Waals surface area contributed by atoms with Gasteiger partial charge in [-0.1, -0.05) is 30.2 Å². The zero-order chi connectivity index (χ0) is 19.0. The molecule has 5 nitrogen and oxygen atoms in total. The van der Waals surface area contributed by atoms with Crippen molar-refractivity contribution in [3.8, 4) is 0 Å². The van der Waals surface area contributed by atoms with Crippen molar-refractivity contribution in [3.63, 3.8) is 0 Å². The van der Waals surface area contributed by atoms with Crippen LogP contribution in [0.15, 0.2) is 24.3 Å². The van der Waals surface area contributed by atoms with Gasteiger partial charge in [-0.3, -0.25) is 9.59 Å². The van der Waals surface area contributed by atoms with Crippen molar-refractivity contribution in [2.45, 2.75) is 44.7 Å². The summed E-state index contributed by atoms with van der Waals surface area (Å²) in [6.07, 6.45) is 5.33. The summed E-state index contributed by atoms with van der Waals surface area (Å²) in [7, 11) is 0. The monoisotopic (exact) mass is 389 g/mol. The molecule has 27 heavy (non-hydrogen) atoms. The van der Waals surface area contributed by atoms with Crippen LogP contribution in [0.5, 0.6) is 0 Å². The van der Waals surface area contributed by atoms with E-state index < -0.39 is 0 Å². The Labute approximate surface area is 165 Å². The molecule has 1 aromatic carbocycles. The van der Waals surface area contributed by atoms with Crippen LogP contribution in [0.1, 0.15) is 37.7 Å². The van der Waals surface area contributed by atoms with Crippen molar-refractivity contribution in [2.24, 2.45) is 23.5 Å². The molecule has 0 spiro atoms. The molecule has 6 heteroatoms. The van der Waals surface area contributed by atoms with Gasteiger partial charge in [0.05, 0.1) is 6.54 Å². The Hall–Kier alpha value is -1.59. The summed E-state index contributed by atoms with van der Waals surface area (Å²) in [6.45, 7) is 1.98. The fourth-order valence-electron chi connectivity index (χ4n) is 5.12. The zero-order valence-electron chi connectivity index (χ0n) is 15.6. The summed E-state index contributed by atoms with van der Waals surface area (Å²) in [5.74, 6) is 1.20. The van der Waals surface area contributed by atoms with Gasteiger partial charge < -0.3 is 15.5 Å². The van der Waals surface area contributed by atoms with Gasteiger partial charge in [-0.2, -0.15) is 0 Å². The molecule has 2 amide bonds. The van der Waals surface area contributed by atoms with Gasteiger partial charge in [-0.25, -0.2) is 0 Å². The van der Waals surface area contributed by atoms with E-state index >= 15 is 0 Å². The average molecular weight is 390 g/mol. The maximum Gasteiger partial charge on any atom is 0.242 e. The van der Waals surface area contributed by atoms with Gasteiger partial charge in [-0.15, -0.1) is 0 Å². The second-order valence-electron chi connectivity index (χ2n) is 8.40. The van der Waals surface area contributed by atoms with E-state index in [1.54, 1.807) is 4.90 Å². The van der Waals surface area contributed by atoms with Gasteiger partial charge >= 0.3 is 0 Å². The van der Waals surface area contributed by atoms with Crippen molar-refractivity contribution in [2.75, 3.05) is 19.6 Å². The molecule has 146 valence electrons. The van der Waals surface area contributed by atoms with Crippen LogP contribution in [0.2, 0.25) is 5.02 Å². The van der Waals surface area contributed by atoms with Crippen molar-refractivity contribution in [1.29, 1.82) is 0 Å². The summed E-state index contributed by atoms with van der Waals surface area (Å²) in [6, 6.07) is 7.83. The lowest BCUT2D eigenvalue weighted by molar-refractivity contribution is -0.149.